The summed E-state index contributed by atoms with van der Waals surface area (Å²) in [5, 5.41) is 7.08. The summed E-state index contributed by atoms with van der Waals surface area (Å²) in [5.74, 6) is -0.775. The molecule has 0 aliphatic heterocycles. The second kappa shape index (κ2) is 5.42. The number of aromatic nitrogens is 2. The number of fused-ring (bicyclic) bond motifs is 1. The molecular weight excluding hydrogens is 352 g/mol. The van der Waals surface area contributed by atoms with Crippen molar-refractivity contribution in [3.8, 4) is 0 Å². The summed E-state index contributed by atoms with van der Waals surface area (Å²) in [4.78, 5) is 0. The zero-order valence-electron chi connectivity index (χ0n) is 10.8. The zero-order valence-corrected chi connectivity index (χ0v) is 13.1. The summed E-state index contributed by atoms with van der Waals surface area (Å²) < 4.78 is 40.7. The number of nitrogens with zero attached hydrogens (tertiary/aromatic N) is 1. The molecule has 0 saturated carbocycles. The largest absolute Gasteiger partial charge is 0.279 e. The van der Waals surface area contributed by atoms with E-state index >= 15 is 0 Å². The van der Waals surface area contributed by atoms with Gasteiger partial charge in [0.25, 0.3) is 10.0 Å². The van der Waals surface area contributed by atoms with Crippen LogP contribution in [-0.4, -0.2) is 18.6 Å². The predicted molar refractivity (Wildman–Crippen MR) is 83.3 cm³/mol. The van der Waals surface area contributed by atoms with Crippen molar-refractivity contribution in [2.45, 2.75) is 5.03 Å². The lowest BCUT2D eigenvalue weighted by Crippen LogP contribution is -2.14. The number of H-pyrrole nitrogens is 1. The van der Waals surface area contributed by atoms with E-state index < -0.39 is 15.8 Å². The minimum atomic E-state index is -4.04. The highest BCUT2D eigenvalue weighted by Crippen LogP contribution is 2.26. The van der Waals surface area contributed by atoms with Crippen molar-refractivity contribution in [1.82, 2.24) is 10.2 Å². The predicted octanol–water partition coefficient (Wildman–Crippen LogP) is 3.81. The van der Waals surface area contributed by atoms with Gasteiger partial charge < -0.3 is 0 Å². The first-order valence-corrected chi connectivity index (χ1v) is 8.22. The van der Waals surface area contributed by atoms with E-state index in [1.54, 1.807) is 6.07 Å². The van der Waals surface area contributed by atoms with Crippen LogP contribution in [0.5, 0.6) is 0 Å². The minimum Gasteiger partial charge on any atom is -0.275 e. The summed E-state index contributed by atoms with van der Waals surface area (Å²) in [7, 11) is -4.04. The average Bonchev–Trinajstić information content (AvgIpc) is 2.85. The van der Waals surface area contributed by atoms with Gasteiger partial charge in [0.2, 0.25) is 0 Å². The summed E-state index contributed by atoms with van der Waals surface area (Å²) in [6.07, 6.45) is 0. The SMILES string of the molecule is O=S(=O)(Nc1ccc(Cl)cc1F)c1[nH]nc2cc(Cl)ccc12. The van der Waals surface area contributed by atoms with E-state index in [4.69, 9.17) is 23.2 Å². The Morgan fingerprint density at radius 1 is 1.09 bits per heavy atom. The van der Waals surface area contributed by atoms with Crippen molar-refractivity contribution in [2.24, 2.45) is 0 Å². The van der Waals surface area contributed by atoms with Crippen LogP contribution in [0.3, 0.4) is 0 Å². The second-order valence-electron chi connectivity index (χ2n) is 4.44. The summed E-state index contributed by atoms with van der Waals surface area (Å²) in [5.41, 5.74) is 0.186. The molecule has 5 nitrogen and oxygen atoms in total. The first kappa shape index (κ1) is 15.1. The van der Waals surface area contributed by atoms with Gasteiger partial charge in [0.15, 0.2) is 5.03 Å². The molecule has 0 radical (unpaired) electrons. The van der Waals surface area contributed by atoms with E-state index in [0.717, 1.165) is 6.07 Å². The third-order valence-electron chi connectivity index (χ3n) is 2.93. The maximum absolute atomic E-state index is 13.7. The lowest BCUT2D eigenvalue weighted by molar-refractivity contribution is 0.595. The molecule has 0 unspecified atom stereocenters. The Morgan fingerprint density at radius 3 is 2.50 bits per heavy atom. The number of halogens is 3. The smallest absolute Gasteiger partial charge is 0.275 e. The van der Waals surface area contributed by atoms with Crippen LogP contribution in [0.25, 0.3) is 10.9 Å². The molecule has 2 N–H and O–H groups in total. The quantitative estimate of drug-likeness (QED) is 0.746. The van der Waals surface area contributed by atoms with Gasteiger partial charge in [-0.05, 0) is 36.4 Å². The first-order chi connectivity index (χ1) is 10.4. The third kappa shape index (κ3) is 2.75. The van der Waals surface area contributed by atoms with Crippen LogP contribution in [0.4, 0.5) is 10.1 Å². The second-order valence-corrected chi connectivity index (χ2v) is 6.94. The molecule has 0 bridgehead atoms. The van der Waals surface area contributed by atoms with Crippen molar-refractivity contribution >= 4 is 49.8 Å². The highest BCUT2D eigenvalue weighted by molar-refractivity contribution is 7.92. The fraction of sp³-hybridized carbons (Fsp3) is 0. The lowest BCUT2D eigenvalue weighted by Gasteiger charge is -2.08. The van der Waals surface area contributed by atoms with Crippen LogP contribution in [-0.2, 0) is 10.0 Å². The van der Waals surface area contributed by atoms with Crippen LogP contribution in [0.15, 0.2) is 41.4 Å². The summed E-state index contributed by atoms with van der Waals surface area (Å²) in [6.45, 7) is 0. The van der Waals surface area contributed by atoms with Gasteiger partial charge in [-0.2, -0.15) is 13.5 Å². The highest BCUT2D eigenvalue weighted by Gasteiger charge is 2.22. The number of aromatic amines is 1. The number of anilines is 1. The maximum atomic E-state index is 13.7. The van der Waals surface area contributed by atoms with Gasteiger partial charge in [-0.15, -0.1) is 0 Å². The number of hydrogen-bond donors (Lipinski definition) is 2. The Morgan fingerprint density at radius 2 is 1.77 bits per heavy atom. The summed E-state index contributed by atoms with van der Waals surface area (Å²) >= 11 is 11.5. The van der Waals surface area contributed by atoms with E-state index in [1.807, 2.05) is 0 Å². The molecule has 0 saturated heterocycles. The van der Waals surface area contributed by atoms with Crippen LogP contribution in [0, 0.1) is 5.82 Å². The van der Waals surface area contributed by atoms with Gasteiger partial charge in [-0.1, -0.05) is 23.2 Å². The van der Waals surface area contributed by atoms with Gasteiger partial charge in [-0.25, -0.2) is 4.39 Å². The van der Waals surface area contributed by atoms with Gasteiger partial charge in [0.1, 0.15) is 5.82 Å². The van der Waals surface area contributed by atoms with E-state index in [-0.39, 0.29) is 15.7 Å². The number of rotatable bonds is 3. The van der Waals surface area contributed by atoms with E-state index in [2.05, 4.69) is 14.9 Å². The standard InChI is InChI=1S/C13H8Cl2FN3O2S/c14-7-2-4-11(10(16)5-7)19-22(20,21)13-9-3-1-8(15)6-12(9)17-18-13/h1-6,19H,(H,17,18). The highest BCUT2D eigenvalue weighted by atomic mass is 35.5. The van der Waals surface area contributed by atoms with Gasteiger partial charge in [0.05, 0.1) is 11.2 Å². The van der Waals surface area contributed by atoms with Gasteiger partial charge in [0, 0.05) is 15.4 Å². The summed E-state index contributed by atoms with van der Waals surface area (Å²) in [6, 6.07) is 8.23. The molecule has 2 aromatic carbocycles. The first-order valence-electron chi connectivity index (χ1n) is 5.98. The molecule has 22 heavy (non-hydrogen) atoms. The fourth-order valence-corrected chi connectivity index (χ4v) is 3.44. The third-order valence-corrected chi connectivity index (χ3v) is 4.73. The van der Waals surface area contributed by atoms with Crippen molar-refractivity contribution in [2.75, 3.05) is 4.72 Å². The van der Waals surface area contributed by atoms with Crippen LogP contribution in [0.1, 0.15) is 0 Å². The molecule has 0 atom stereocenters. The Bertz CT molecular complexity index is 973. The molecule has 1 heterocycles. The molecule has 9 heteroatoms. The Balaban J connectivity index is 2.05. The Hall–Kier alpha value is -1.83. The number of benzene rings is 2. The van der Waals surface area contributed by atoms with Gasteiger partial charge >= 0.3 is 0 Å². The number of hydrogen-bond acceptors (Lipinski definition) is 3. The molecular formula is C13H8Cl2FN3O2S. The van der Waals surface area contributed by atoms with Crippen molar-refractivity contribution in [3.05, 3.63) is 52.3 Å². The van der Waals surface area contributed by atoms with Crippen molar-refractivity contribution < 1.29 is 12.8 Å². The topological polar surface area (TPSA) is 74.8 Å². The molecule has 0 fully saturated rings. The van der Waals surface area contributed by atoms with E-state index in [1.165, 1.54) is 24.3 Å². The Labute approximate surface area is 135 Å². The van der Waals surface area contributed by atoms with Crippen LogP contribution in [0.2, 0.25) is 10.0 Å². The molecule has 0 aliphatic rings. The van der Waals surface area contributed by atoms with E-state index in [0.29, 0.717) is 15.9 Å². The lowest BCUT2D eigenvalue weighted by atomic mass is 10.3. The number of sulfonamides is 1. The normalized spacial score (nSPS) is 11.8. The molecule has 0 amide bonds. The van der Waals surface area contributed by atoms with E-state index in [9.17, 15) is 12.8 Å². The Kier molecular flexibility index (Phi) is 3.72. The molecule has 3 aromatic rings. The fourth-order valence-electron chi connectivity index (χ4n) is 1.93. The van der Waals surface area contributed by atoms with Crippen molar-refractivity contribution in [3.63, 3.8) is 0 Å². The average molecular weight is 360 g/mol. The molecule has 3 rings (SSSR count). The molecule has 0 spiro atoms. The zero-order chi connectivity index (χ0) is 15.9. The molecule has 1 aromatic heterocycles. The molecule has 114 valence electrons. The van der Waals surface area contributed by atoms with Crippen LogP contribution < -0.4 is 4.72 Å². The monoisotopic (exact) mass is 359 g/mol. The molecule has 0 aliphatic carbocycles. The number of nitrogens with one attached hydrogen (secondary N) is 2. The maximum Gasteiger partial charge on any atom is 0.279 e. The van der Waals surface area contributed by atoms with Gasteiger partial charge in [-0.3, -0.25) is 9.82 Å². The van der Waals surface area contributed by atoms with Crippen LogP contribution >= 0.6 is 23.2 Å². The van der Waals surface area contributed by atoms with Crippen molar-refractivity contribution in [1.29, 1.82) is 0 Å². The minimum absolute atomic E-state index is 0.169.